The molecule has 0 unspecified atom stereocenters. The van der Waals surface area contributed by atoms with Crippen LogP contribution in [0.5, 0.6) is 0 Å². The number of hydrogen-bond acceptors (Lipinski definition) is 0. The van der Waals surface area contributed by atoms with Crippen molar-refractivity contribution < 1.29 is 0 Å². The molecule has 0 aliphatic carbocycles. The minimum atomic E-state index is 2.00. The first-order valence-electron chi connectivity index (χ1n) is 2.50. The number of hydrogen-bond donors (Lipinski definition) is 0. The van der Waals surface area contributed by atoms with Crippen molar-refractivity contribution in [3.8, 4) is 0 Å². The van der Waals surface area contributed by atoms with Crippen LogP contribution >= 0.6 is 0 Å². The molecule has 0 radical (unpaired) electrons. The molecule has 0 bridgehead atoms. The van der Waals surface area contributed by atoms with Crippen LogP contribution in [0.4, 0.5) is 0 Å². The van der Waals surface area contributed by atoms with Crippen LogP contribution < -0.4 is 0 Å². The molecule has 0 aromatic carbocycles. The van der Waals surface area contributed by atoms with Crippen LogP contribution in [0.15, 0.2) is 39.5 Å². The average molecular weight is 114 g/mol. The Kier molecular flexibility index (Phi) is 938. The van der Waals surface area contributed by atoms with E-state index in [4.69, 9.17) is 0 Å². The van der Waals surface area contributed by atoms with Gasteiger partial charge in [-0.15, -0.1) is 39.5 Å². The summed E-state index contributed by atoms with van der Waals surface area (Å²) in [6, 6.07) is 0. The second-order valence-electron chi connectivity index (χ2n) is 0. The van der Waals surface area contributed by atoms with Gasteiger partial charge < -0.3 is 0 Å². The zero-order valence-electron chi connectivity index (χ0n) is 6.24. The Morgan fingerprint density at radius 3 is 0.500 bits per heavy atom. The molecule has 8 heavy (non-hydrogen) atoms. The van der Waals surface area contributed by atoms with Crippen molar-refractivity contribution in [3.63, 3.8) is 0 Å². The van der Waals surface area contributed by atoms with Crippen molar-refractivity contribution in [2.75, 3.05) is 0 Å². The molecule has 0 spiro atoms. The fraction of sp³-hybridized carbons (Fsp3) is 0.250. The summed E-state index contributed by atoms with van der Waals surface area (Å²) in [5.74, 6) is 0. The topological polar surface area (TPSA) is 0 Å². The SMILES string of the molecule is C=C.C=C.C=C.CC. The van der Waals surface area contributed by atoms with Crippen molar-refractivity contribution in [1.29, 1.82) is 0 Å². The van der Waals surface area contributed by atoms with E-state index in [0.717, 1.165) is 0 Å². The molecule has 0 saturated heterocycles. The van der Waals surface area contributed by atoms with Gasteiger partial charge in [0, 0.05) is 0 Å². The molecular weight excluding hydrogens is 96.1 g/mol. The maximum Gasteiger partial charge on any atom is -0.0683 e. The predicted octanol–water partition coefficient (Wildman–Crippen LogP) is 3.43. The van der Waals surface area contributed by atoms with Crippen LogP contribution in [0.25, 0.3) is 0 Å². The Balaban J connectivity index is -0.0000000133. The lowest BCUT2D eigenvalue weighted by molar-refractivity contribution is 1.50. The van der Waals surface area contributed by atoms with E-state index >= 15 is 0 Å². The zero-order chi connectivity index (χ0) is 8.00. The van der Waals surface area contributed by atoms with E-state index in [2.05, 4.69) is 39.5 Å². The van der Waals surface area contributed by atoms with E-state index in [1.807, 2.05) is 13.8 Å². The van der Waals surface area contributed by atoms with Gasteiger partial charge in [0.1, 0.15) is 0 Å². The molecule has 0 aliphatic rings. The van der Waals surface area contributed by atoms with E-state index in [1.54, 1.807) is 0 Å². The molecular formula is C8H18. The van der Waals surface area contributed by atoms with Crippen LogP contribution in [-0.4, -0.2) is 0 Å². The van der Waals surface area contributed by atoms with E-state index in [9.17, 15) is 0 Å². The Morgan fingerprint density at radius 1 is 0.500 bits per heavy atom. The van der Waals surface area contributed by atoms with Gasteiger partial charge >= 0.3 is 0 Å². The fourth-order valence-electron chi connectivity index (χ4n) is 0. The summed E-state index contributed by atoms with van der Waals surface area (Å²) in [6.45, 7) is 22.0. The molecule has 0 aromatic rings. The van der Waals surface area contributed by atoms with Crippen molar-refractivity contribution in [1.82, 2.24) is 0 Å². The normalized spacial score (nSPS) is 2.25. The third kappa shape index (κ3) is 153. The molecule has 0 N–H and O–H groups in total. The molecule has 0 heteroatoms. The monoisotopic (exact) mass is 114 g/mol. The Labute approximate surface area is 54.2 Å². The summed E-state index contributed by atoms with van der Waals surface area (Å²) in [4.78, 5) is 0. The van der Waals surface area contributed by atoms with Gasteiger partial charge in [0.05, 0.1) is 0 Å². The summed E-state index contributed by atoms with van der Waals surface area (Å²) < 4.78 is 0. The van der Waals surface area contributed by atoms with E-state index in [1.165, 1.54) is 0 Å². The van der Waals surface area contributed by atoms with Gasteiger partial charge in [0.25, 0.3) is 0 Å². The van der Waals surface area contributed by atoms with Crippen LogP contribution in [0.2, 0.25) is 0 Å². The van der Waals surface area contributed by atoms with E-state index in [-0.39, 0.29) is 0 Å². The highest BCUT2D eigenvalue weighted by atomic mass is 13.0. The van der Waals surface area contributed by atoms with Crippen molar-refractivity contribution >= 4 is 0 Å². The third-order valence-electron chi connectivity index (χ3n) is 0. The van der Waals surface area contributed by atoms with Gasteiger partial charge in [-0.2, -0.15) is 0 Å². The van der Waals surface area contributed by atoms with E-state index in [0.29, 0.717) is 0 Å². The van der Waals surface area contributed by atoms with Gasteiger partial charge in [-0.05, 0) is 0 Å². The highest BCUT2D eigenvalue weighted by Crippen LogP contribution is 1.14. The van der Waals surface area contributed by atoms with Crippen molar-refractivity contribution in [2.45, 2.75) is 13.8 Å². The fourth-order valence-corrected chi connectivity index (χ4v) is 0. The Bertz CT molecular complexity index is 4.75. The standard InChI is InChI=1S/C2H6.3C2H4/c4*1-2/h1-2H3;3*1-2H2. The molecule has 0 aliphatic heterocycles. The van der Waals surface area contributed by atoms with E-state index < -0.39 is 0 Å². The van der Waals surface area contributed by atoms with Crippen LogP contribution in [0.1, 0.15) is 13.8 Å². The first-order chi connectivity index (χ1) is 4.00. The predicted molar refractivity (Wildman–Crippen MR) is 45.1 cm³/mol. The molecule has 0 fully saturated rings. The number of rotatable bonds is 0. The smallest absolute Gasteiger partial charge is 0.0683 e. The molecule has 0 saturated carbocycles. The summed E-state index contributed by atoms with van der Waals surface area (Å²) in [5.41, 5.74) is 0. The highest BCUT2D eigenvalue weighted by Gasteiger charge is 0.932. The van der Waals surface area contributed by atoms with Gasteiger partial charge in [-0.25, -0.2) is 0 Å². The second kappa shape index (κ2) is 279. The molecule has 0 aromatic heterocycles. The van der Waals surface area contributed by atoms with Gasteiger partial charge in [0.2, 0.25) is 0 Å². The molecule has 0 heterocycles. The van der Waals surface area contributed by atoms with Crippen LogP contribution in [-0.2, 0) is 0 Å². The Hall–Kier alpha value is -0.780. The molecule has 0 amide bonds. The van der Waals surface area contributed by atoms with Crippen LogP contribution in [0.3, 0.4) is 0 Å². The van der Waals surface area contributed by atoms with Crippen LogP contribution in [0, 0.1) is 0 Å². The molecule has 50 valence electrons. The van der Waals surface area contributed by atoms with Gasteiger partial charge in [-0.3, -0.25) is 0 Å². The largest absolute Gasteiger partial charge is 0.106 e. The first-order valence-corrected chi connectivity index (χ1v) is 2.50. The molecule has 0 nitrogen and oxygen atoms in total. The lowest BCUT2D eigenvalue weighted by Gasteiger charge is -1.07. The first kappa shape index (κ1) is 26.9. The van der Waals surface area contributed by atoms with Gasteiger partial charge in [-0.1, -0.05) is 13.8 Å². The van der Waals surface area contributed by atoms with Crippen molar-refractivity contribution in [2.24, 2.45) is 0 Å². The van der Waals surface area contributed by atoms with Crippen molar-refractivity contribution in [3.05, 3.63) is 39.5 Å². The lowest BCUT2D eigenvalue weighted by Crippen LogP contribution is -0.856. The summed E-state index contributed by atoms with van der Waals surface area (Å²) >= 11 is 0. The maximum absolute atomic E-state index is 3.00. The molecule has 0 atom stereocenters. The minimum absolute atomic E-state index is 2.00. The average Bonchev–Trinajstić information content (AvgIpc) is 2.03. The second-order valence-corrected chi connectivity index (χ2v) is 0. The summed E-state index contributed by atoms with van der Waals surface area (Å²) in [6.07, 6.45) is 0. The van der Waals surface area contributed by atoms with Gasteiger partial charge in [0.15, 0.2) is 0 Å². The Morgan fingerprint density at radius 2 is 0.500 bits per heavy atom. The summed E-state index contributed by atoms with van der Waals surface area (Å²) in [5, 5.41) is 0. The maximum atomic E-state index is 3.00. The summed E-state index contributed by atoms with van der Waals surface area (Å²) in [7, 11) is 0. The third-order valence-corrected chi connectivity index (χ3v) is 0. The quantitative estimate of drug-likeness (QED) is 0.423. The minimum Gasteiger partial charge on any atom is -0.106 e. The molecule has 0 rings (SSSR count). The highest BCUT2D eigenvalue weighted by molar-refractivity contribution is 4.22. The lowest BCUT2D eigenvalue weighted by atomic mass is 11.0. The zero-order valence-corrected chi connectivity index (χ0v) is 6.24.